The number of carbonyl (C=O) groups excluding carboxylic acids is 1. The molecule has 34 heavy (non-hydrogen) atoms. The van der Waals surface area contributed by atoms with Gasteiger partial charge in [0.1, 0.15) is 17.6 Å². The first kappa shape index (κ1) is 24.6. The molecule has 1 atom stereocenters. The predicted octanol–water partition coefficient (Wildman–Crippen LogP) is 3.40. The Balaban J connectivity index is 0.00000171. The Bertz CT molecular complexity index is 1090. The van der Waals surface area contributed by atoms with Crippen LogP contribution in [0.5, 0.6) is 5.75 Å². The lowest BCUT2D eigenvalue weighted by atomic mass is 9.82. The second-order valence-electron chi connectivity index (χ2n) is 9.71. The largest absolute Gasteiger partial charge is 1.00 e. The Morgan fingerprint density at radius 2 is 1.62 bits per heavy atom. The van der Waals surface area contributed by atoms with Gasteiger partial charge < -0.3 is 27.0 Å². The van der Waals surface area contributed by atoms with Crippen LogP contribution in [0.25, 0.3) is 22.4 Å². The summed E-state index contributed by atoms with van der Waals surface area (Å²) in [5.41, 5.74) is 2.99. The SMILES string of the molecule is COc1ccc(-c2nc3ccccc3n2C(C(=O)NC2CCCCC2)C2CCCCC2)cc1.[Cl-].[H+]. The summed E-state index contributed by atoms with van der Waals surface area (Å²) in [7, 11) is 1.68. The number of hydrogen-bond donors (Lipinski definition) is 1. The number of nitrogens with zero attached hydrogens (tertiary/aromatic N) is 2. The van der Waals surface area contributed by atoms with Crippen molar-refractivity contribution in [3.05, 3.63) is 48.5 Å². The van der Waals surface area contributed by atoms with Crippen molar-refractivity contribution in [1.82, 2.24) is 14.9 Å². The molecule has 1 heterocycles. The number of methoxy groups -OCH3 is 1. The normalized spacial score (nSPS) is 18.3. The molecule has 6 heteroatoms. The van der Waals surface area contributed by atoms with E-state index in [1.54, 1.807) is 7.11 Å². The molecule has 1 amide bonds. The fourth-order valence-corrected chi connectivity index (χ4v) is 5.80. The first-order chi connectivity index (χ1) is 16.2. The second kappa shape index (κ2) is 11.3. The number of para-hydroxylation sites is 2. The highest BCUT2D eigenvalue weighted by atomic mass is 35.5. The lowest BCUT2D eigenvalue weighted by molar-refractivity contribution is -0.127. The van der Waals surface area contributed by atoms with Crippen molar-refractivity contribution in [2.24, 2.45) is 5.92 Å². The van der Waals surface area contributed by atoms with E-state index >= 15 is 0 Å². The van der Waals surface area contributed by atoms with Gasteiger partial charge in [-0.3, -0.25) is 4.79 Å². The van der Waals surface area contributed by atoms with Crippen molar-refractivity contribution < 1.29 is 23.4 Å². The van der Waals surface area contributed by atoms with E-state index < -0.39 is 0 Å². The van der Waals surface area contributed by atoms with Crippen molar-refractivity contribution in [1.29, 1.82) is 0 Å². The molecular weight excluding hydrogens is 446 g/mol. The molecule has 1 unspecified atom stereocenters. The first-order valence-electron chi connectivity index (χ1n) is 12.7. The summed E-state index contributed by atoms with van der Waals surface area (Å²) in [4.78, 5) is 19.0. The molecule has 182 valence electrons. The molecule has 1 N–H and O–H groups in total. The van der Waals surface area contributed by atoms with E-state index in [0.29, 0.717) is 12.0 Å². The van der Waals surface area contributed by atoms with Crippen LogP contribution in [-0.4, -0.2) is 28.6 Å². The highest BCUT2D eigenvalue weighted by Crippen LogP contribution is 2.38. The van der Waals surface area contributed by atoms with E-state index in [2.05, 4.69) is 28.1 Å². The van der Waals surface area contributed by atoms with Crippen LogP contribution in [0.4, 0.5) is 0 Å². The number of amides is 1. The highest BCUT2D eigenvalue weighted by molar-refractivity contribution is 5.87. The summed E-state index contributed by atoms with van der Waals surface area (Å²) in [5.74, 6) is 2.19. The summed E-state index contributed by atoms with van der Waals surface area (Å²) in [6.45, 7) is 0. The van der Waals surface area contributed by atoms with Crippen LogP contribution in [0.3, 0.4) is 0 Å². The van der Waals surface area contributed by atoms with Gasteiger partial charge in [-0.1, -0.05) is 50.7 Å². The monoisotopic (exact) mass is 481 g/mol. The average Bonchev–Trinajstić information content (AvgIpc) is 3.25. The van der Waals surface area contributed by atoms with Gasteiger partial charge >= 0.3 is 1.43 Å². The molecule has 0 spiro atoms. The third-order valence-corrected chi connectivity index (χ3v) is 7.54. The molecule has 0 radical (unpaired) electrons. The van der Waals surface area contributed by atoms with Crippen LogP contribution < -0.4 is 22.5 Å². The number of ether oxygens (including phenoxy) is 1. The molecule has 2 aliphatic rings. The number of rotatable bonds is 6. The van der Waals surface area contributed by atoms with E-state index in [1.807, 2.05) is 30.3 Å². The third kappa shape index (κ3) is 5.10. The number of aromatic nitrogens is 2. The quantitative estimate of drug-likeness (QED) is 0.587. The zero-order valence-electron chi connectivity index (χ0n) is 21.0. The van der Waals surface area contributed by atoms with E-state index in [-0.39, 0.29) is 25.8 Å². The van der Waals surface area contributed by atoms with Crippen molar-refractivity contribution in [2.45, 2.75) is 76.3 Å². The van der Waals surface area contributed by atoms with Crippen molar-refractivity contribution in [2.75, 3.05) is 7.11 Å². The second-order valence-corrected chi connectivity index (χ2v) is 9.71. The molecule has 2 aromatic carbocycles. The van der Waals surface area contributed by atoms with E-state index in [9.17, 15) is 4.79 Å². The zero-order valence-corrected chi connectivity index (χ0v) is 20.8. The fourth-order valence-electron chi connectivity index (χ4n) is 5.80. The van der Waals surface area contributed by atoms with Crippen LogP contribution in [0, 0.1) is 5.92 Å². The van der Waals surface area contributed by atoms with Gasteiger partial charge in [0.25, 0.3) is 0 Å². The number of carbonyl (C=O) groups is 1. The van der Waals surface area contributed by atoms with Crippen molar-refractivity contribution in [3.63, 3.8) is 0 Å². The molecule has 2 aliphatic carbocycles. The molecule has 0 saturated heterocycles. The summed E-state index contributed by atoms with van der Waals surface area (Å²) in [6.07, 6.45) is 11.8. The lowest BCUT2D eigenvalue weighted by Gasteiger charge is -2.33. The summed E-state index contributed by atoms with van der Waals surface area (Å²) >= 11 is 0. The Hall–Kier alpha value is -2.53. The maximum atomic E-state index is 14.0. The zero-order chi connectivity index (χ0) is 22.6. The van der Waals surface area contributed by atoms with Crippen LogP contribution >= 0.6 is 0 Å². The number of halogens is 1. The van der Waals surface area contributed by atoms with Gasteiger partial charge in [0, 0.05) is 11.6 Å². The highest BCUT2D eigenvalue weighted by Gasteiger charge is 2.35. The summed E-state index contributed by atoms with van der Waals surface area (Å²) in [6, 6.07) is 16.3. The third-order valence-electron chi connectivity index (χ3n) is 7.54. The molecule has 2 fully saturated rings. The maximum Gasteiger partial charge on any atom is 1.00 e. The average molecular weight is 482 g/mol. The minimum Gasteiger partial charge on any atom is -1.00 e. The molecule has 5 rings (SSSR count). The molecule has 1 aromatic heterocycles. The smallest absolute Gasteiger partial charge is 1.00 e. The standard InChI is InChI=1S/C28H35N3O2.ClH/c1-33-23-18-16-21(17-19-23)27-30-24-14-8-9-15-25(24)31(27)26(20-10-4-2-5-11-20)28(32)29-22-12-6-3-7-13-22;/h8-9,14-20,22,26H,2-7,10-13H2,1H3,(H,29,32);1H. The predicted molar refractivity (Wildman–Crippen MR) is 133 cm³/mol. The molecule has 5 nitrogen and oxygen atoms in total. The molecule has 0 aliphatic heterocycles. The van der Waals surface area contributed by atoms with Gasteiger partial charge in [-0.15, -0.1) is 0 Å². The minimum atomic E-state index is -0.239. The van der Waals surface area contributed by atoms with Gasteiger partial charge in [-0.05, 0) is 68.0 Å². The van der Waals surface area contributed by atoms with Crippen LogP contribution in [-0.2, 0) is 4.79 Å². The van der Waals surface area contributed by atoms with Gasteiger partial charge in [0.05, 0.1) is 18.1 Å². The number of benzene rings is 2. The molecule has 2 saturated carbocycles. The van der Waals surface area contributed by atoms with Gasteiger partial charge in [-0.25, -0.2) is 4.98 Å². The van der Waals surface area contributed by atoms with E-state index in [0.717, 1.165) is 53.9 Å². The van der Waals surface area contributed by atoms with Crippen molar-refractivity contribution in [3.8, 4) is 17.1 Å². The van der Waals surface area contributed by atoms with Crippen molar-refractivity contribution >= 4 is 16.9 Å². The lowest BCUT2D eigenvalue weighted by Crippen LogP contribution is -3.00. The Labute approximate surface area is 210 Å². The first-order valence-corrected chi connectivity index (χ1v) is 12.7. The summed E-state index contributed by atoms with van der Waals surface area (Å²) < 4.78 is 7.61. The van der Waals surface area contributed by atoms with Gasteiger partial charge in [0.15, 0.2) is 0 Å². The van der Waals surface area contributed by atoms with Crippen LogP contribution in [0.15, 0.2) is 48.5 Å². The maximum absolute atomic E-state index is 14.0. The topological polar surface area (TPSA) is 56.2 Å². The summed E-state index contributed by atoms with van der Waals surface area (Å²) in [5, 5.41) is 3.46. The van der Waals surface area contributed by atoms with E-state index in [4.69, 9.17) is 9.72 Å². The Morgan fingerprint density at radius 3 is 2.29 bits per heavy atom. The molecule has 3 aromatic rings. The number of nitrogens with one attached hydrogen (secondary N) is 1. The van der Waals surface area contributed by atoms with Crippen LogP contribution in [0.1, 0.15) is 71.7 Å². The van der Waals surface area contributed by atoms with Gasteiger partial charge in [-0.2, -0.15) is 0 Å². The van der Waals surface area contributed by atoms with Crippen LogP contribution in [0.2, 0.25) is 0 Å². The number of imidazole rings is 1. The van der Waals surface area contributed by atoms with Gasteiger partial charge in [0.2, 0.25) is 5.91 Å². The number of fused-ring (bicyclic) bond motifs is 1. The Morgan fingerprint density at radius 1 is 0.971 bits per heavy atom. The fraction of sp³-hybridized carbons (Fsp3) is 0.500. The minimum absolute atomic E-state index is 0. The molecule has 0 bridgehead atoms. The molecular formula is C28H36ClN3O2. The van der Waals surface area contributed by atoms with E-state index in [1.165, 1.54) is 38.5 Å². The number of hydrogen-bond acceptors (Lipinski definition) is 3. The Kier molecular flexibility index (Phi) is 8.15.